The minimum absolute atomic E-state index is 0.00669. The third kappa shape index (κ3) is 4.71. The lowest BCUT2D eigenvalue weighted by atomic mass is 10.2. The molecule has 0 aromatic heterocycles. The van der Waals surface area contributed by atoms with Crippen LogP contribution in [0.2, 0.25) is 0 Å². The van der Waals surface area contributed by atoms with Gasteiger partial charge in [-0.25, -0.2) is 13.1 Å². The Hall–Kier alpha value is -2.58. The highest BCUT2D eigenvalue weighted by atomic mass is 32.2. The maximum atomic E-state index is 12.1. The monoisotopic (exact) mass is 350 g/mol. The number of aromatic hydroxyl groups is 2. The Morgan fingerprint density at radius 3 is 2.17 bits per heavy atom. The summed E-state index contributed by atoms with van der Waals surface area (Å²) >= 11 is 0. The van der Waals surface area contributed by atoms with Crippen LogP contribution in [0.5, 0.6) is 11.5 Å². The van der Waals surface area contributed by atoms with Crippen LogP contribution in [-0.2, 0) is 10.0 Å². The third-order valence-electron chi connectivity index (χ3n) is 3.20. The number of benzene rings is 2. The van der Waals surface area contributed by atoms with E-state index in [0.717, 1.165) is 11.6 Å². The van der Waals surface area contributed by atoms with E-state index < -0.39 is 15.9 Å². The molecule has 2 aromatic carbocycles. The molecule has 1 amide bonds. The van der Waals surface area contributed by atoms with Gasteiger partial charge in [-0.2, -0.15) is 0 Å². The minimum Gasteiger partial charge on any atom is -0.508 e. The number of phenolic OH excluding ortho intramolecular Hbond substituents is 2. The van der Waals surface area contributed by atoms with Crippen molar-refractivity contribution in [3.05, 3.63) is 53.6 Å². The number of hydrogen-bond donors (Lipinski definition) is 4. The summed E-state index contributed by atoms with van der Waals surface area (Å²) in [6, 6.07) is 9.91. The Morgan fingerprint density at radius 2 is 1.58 bits per heavy atom. The quantitative estimate of drug-likeness (QED) is 0.583. The Morgan fingerprint density at radius 1 is 1.00 bits per heavy atom. The molecule has 7 nitrogen and oxygen atoms in total. The second kappa shape index (κ2) is 7.33. The average Bonchev–Trinajstić information content (AvgIpc) is 2.51. The van der Waals surface area contributed by atoms with Crippen LogP contribution in [0.4, 0.5) is 0 Å². The summed E-state index contributed by atoms with van der Waals surface area (Å²) in [6.45, 7) is 1.92. The molecule has 0 radical (unpaired) electrons. The van der Waals surface area contributed by atoms with Crippen LogP contribution >= 0.6 is 0 Å². The number of amides is 1. The van der Waals surface area contributed by atoms with Crippen molar-refractivity contribution in [2.45, 2.75) is 11.8 Å². The molecule has 0 aliphatic rings. The lowest BCUT2D eigenvalue weighted by Gasteiger charge is -2.09. The predicted molar refractivity (Wildman–Crippen MR) is 88.5 cm³/mol. The highest BCUT2D eigenvalue weighted by molar-refractivity contribution is 7.89. The number of phenols is 2. The molecule has 24 heavy (non-hydrogen) atoms. The van der Waals surface area contributed by atoms with Gasteiger partial charge in [-0.15, -0.1) is 0 Å². The molecule has 0 saturated carbocycles. The maximum absolute atomic E-state index is 12.1. The van der Waals surface area contributed by atoms with Crippen molar-refractivity contribution in [3.63, 3.8) is 0 Å². The molecule has 0 atom stereocenters. The van der Waals surface area contributed by atoms with Crippen LogP contribution < -0.4 is 10.0 Å². The molecule has 0 heterocycles. The van der Waals surface area contributed by atoms with Gasteiger partial charge in [0.1, 0.15) is 11.5 Å². The molecular weight excluding hydrogens is 332 g/mol. The van der Waals surface area contributed by atoms with Gasteiger partial charge >= 0.3 is 0 Å². The zero-order valence-corrected chi connectivity index (χ0v) is 13.8. The SMILES string of the molecule is Cc1ccc(S(=O)(=O)NCCNC(=O)c2cc(O)cc(O)c2)cc1. The van der Waals surface area contributed by atoms with Crippen LogP contribution in [0, 0.1) is 6.92 Å². The van der Waals surface area contributed by atoms with Gasteiger partial charge in [0.15, 0.2) is 0 Å². The van der Waals surface area contributed by atoms with Gasteiger partial charge in [-0.05, 0) is 31.2 Å². The summed E-state index contributed by atoms with van der Waals surface area (Å²) in [5.74, 6) is -1.00. The van der Waals surface area contributed by atoms with E-state index >= 15 is 0 Å². The fourth-order valence-electron chi connectivity index (χ4n) is 1.99. The zero-order valence-electron chi connectivity index (χ0n) is 13.0. The summed E-state index contributed by atoms with van der Waals surface area (Å²) in [4.78, 5) is 12.0. The van der Waals surface area contributed by atoms with Crippen molar-refractivity contribution in [2.75, 3.05) is 13.1 Å². The van der Waals surface area contributed by atoms with Crippen molar-refractivity contribution < 1.29 is 23.4 Å². The largest absolute Gasteiger partial charge is 0.508 e. The molecule has 128 valence electrons. The Bertz CT molecular complexity index is 812. The Kier molecular flexibility index (Phi) is 5.42. The third-order valence-corrected chi connectivity index (χ3v) is 4.68. The number of carbonyl (C=O) groups excluding carboxylic acids is 1. The fraction of sp³-hybridized carbons (Fsp3) is 0.188. The van der Waals surface area contributed by atoms with Gasteiger partial charge in [-0.1, -0.05) is 17.7 Å². The molecule has 4 N–H and O–H groups in total. The molecule has 8 heteroatoms. The van der Waals surface area contributed by atoms with Crippen LogP contribution in [0.1, 0.15) is 15.9 Å². The first-order valence-corrected chi connectivity index (χ1v) is 8.64. The van der Waals surface area contributed by atoms with Gasteiger partial charge in [-0.3, -0.25) is 4.79 Å². The van der Waals surface area contributed by atoms with Crippen LogP contribution in [0.25, 0.3) is 0 Å². The van der Waals surface area contributed by atoms with Crippen LogP contribution in [0.3, 0.4) is 0 Å². The summed E-state index contributed by atoms with van der Waals surface area (Å²) in [7, 11) is -3.63. The van der Waals surface area contributed by atoms with E-state index in [1.54, 1.807) is 12.1 Å². The lowest BCUT2D eigenvalue weighted by molar-refractivity contribution is 0.0953. The highest BCUT2D eigenvalue weighted by Gasteiger charge is 2.13. The second-order valence-corrected chi connectivity index (χ2v) is 6.97. The predicted octanol–water partition coefficient (Wildman–Crippen LogP) is 1.11. The normalized spacial score (nSPS) is 11.2. The topological polar surface area (TPSA) is 116 Å². The highest BCUT2D eigenvalue weighted by Crippen LogP contribution is 2.20. The molecule has 0 aliphatic carbocycles. The van der Waals surface area contributed by atoms with Gasteiger partial charge in [0, 0.05) is 24.7 Å². The fourth-order valence-corrected chi connectivity index (χ4v) is 3.02. The summed E-state index contributed by atoms with van der Waals surface area (Å²) in [5.41, 5.74) is 1.03. The van der Waals surface area contributed by atoms with Crippen molar-refractivity contribution in [1.82, 2.24) is 10.0 Å². The van der Waals surface area contributed by atoms with E-state index in [4.69, 9.17) is 0 Å². The molecule has 0 unspecified atom stereocenters. The van der Waals surface area contributed by atoms with Crippen molar-refractivity contribution in [3.8, 4) is 11.5 Å². The molecule has 0 fully saturated rings. The number of aryl methyl sites for hydroxylation is 1. The molecule has 0 saturated heterocycles. The van der Waals surface area contributed by atoms with Gasteiger partial charge in [0.25, 0.3) is 5.91 Å². The summed E-state index contributed by atoms with van der Waals surface area (Å²) in [5, 5.41) is 21.2. The first-order valence-electron chi connectivity index (χ1n) is 7.15. The first-order chi connectivity index (χ1) is 11.3. The number of sulfonamides is 1. The molecular formula is C16H18N2O5S. The van der Waals surface area contributed by atoms with E-state index in [9.17, 15) is 23.4 Å². The lowest BCUT2D eigenvalue weighted by Crippen LogP contribution is -2.34. The average molecular weight is 350 g/mol. The van der Waals surface area contributed by atoms with Crippen molar-refractivity contribution >= 4 is 15.9 Å². The van der Waals surface area contributed by atoms with Crippen LogP contribution in [0.15, 0.2) is 47.4 Å². The maximum Gasteiger partial charge on any atom is 0.251 e. The van der Waals surface area contributed by atoms with Gasteiger partial charge in [0.2, 0.25) is 10.0 Å². The second-order valence-electron chi connectivity index (χ2n) is 5.20. The Balaban J connectivity index is 1.88. The molecule has 2 aromatic rings. The van der Waals surface area contributed by atoms with E-state index in [1.165, 1.54) is 24.3 Å². The first kappa shape index (κ1) is 17.8. The van der Waals surface area contributed by atoms with Crippen LogP contribution in [-0.4, -0.2) is 37.6 Å². The number of hydrogen-bond acceptors (Lipinski definition) is 5. The van der Waals surface area contributed by atoms with E-state index in [2.05, 4.69) is 10.0 Å². The summed E-state index contributed by atoms with van der Waals surface area (Å²) < 4.78 is 26.5. The smallest absolute Gasteiger partial charge is 0.251 e. The van der Waals surface area contributed by atoms with E-state index in [1.807, 2.05) is 6.92 Å². The van der Waals surface area contributed by atoms with Crippen molar-refractivity contribution in [2.24, 2.45) is 0 Å². The van der Waals surface area contributed by atoms with E-state index in [-0.39, 0.29) is 35.0 Å². The molecule has 0 aliphatic heterocycles. The standard InChI is InChI=1S/C16H18N2O5S/c1-11-2-4-15(5-3-11)24(22,23)18-7-6-17-16(21)12-8-13(19)10-14(20)9-12/h2-5,8-10,18-20H,6-7H2,1H3,(H,17,21). The number of nitrogens with one attached hydrogen (secondary N) is 2. The molecule has 2 rings (SSSR count). The van der Waals surface area contributed by atoms with Crippen molar-refractivity contribution in [1.29, 1.82) is 0 Å². The number of rotatable bonds is 6. The van der Waals surface area contributed by atoms with Gasteiger partial charge in [0.05, 0.1) is 4.90 Å². The number of carbonyl (C=O) groups is 1. The molecule has 0 spiro atoms. The summed E-state index contributed by atoms with van der Waals surface area (Å²) in [6.07, 6.45) is 0. The Labute approximate surface area is 140 Å². The molecule has 0 bridgehead atoms. The van der Waals surface area contributed by atoms with E-state index in [0.29, 0.717) is 0 Å². The zero-order chi connectivity index (χ0) is 17.7. The van der Waals surface area contributed by atoms with Gasteiger partial charge < -0.3 is 15.5 Å². The minimum atomic E-state index is -3.63.